The molecule has 3 aromatic rings. The van der Waals surface area contributed by atoms with Crippen LogP contribution in [0.4, 0.5) is 10.5 Å². The molecule has 1 aromatic heterocycles. The van der Waals surface area contributed by atoms with Crippen molar-refractivity contribution in [2.75, 3.05) is 25.1 Å². The number of carboxylic acids is 1. The molecule has 2 amide bonds. The number of aromatic nitrogens is 1. The summed E-state index contributed by atoms with van der Waals surface area (Å²) in [5.41, 5.74) is 4.41. The summed E-state index contributed by atoms with van der Waals surface area (Å²) in [6.07, 6.45) is 2.82. The second-order valence-electron chi connectivity index (χ2n) is 7.97. The van der Waals surface area contributed by atoms with Crippen LogP contribution in [0.2, 0.25) is 0 Å². The van der Waals surface area contributed by atoms with E-state index in [4.69, 9.17) is 4.74 Å². The van der Waals surface area contributed by atoms with Gasteiger partial charge in [0.2, 0.25) is 0 Å². The van der Waals surface area contributed by atoms with E-state index in [0.717, 1.165) is 35.3 Å². The lowest BCUT2D eigenvalue weighted by Gasteiger charge is -2.19. The number of carboxylic acid groups (broad SMARTS) is 1. The fraction of sp³-hybridized carbons (Fsp3) is 0.296. The predicted octanol–water partition coefficient (Wildman–Crippen LogP) is 4.56. The summed E-state index contributed by atoms with van der Waals surface area (Å²) in [5.74, 6) is -0.986. The van der Waals surface area contributed by atoms with Gasteiger partial charge in [0.25, 0.3) is 0 Å². The lowest BCUT2D eigenvalue weighted by atomic mass is 10.1. The molecule has 3 rings (SSSR count). The van der Waals surface area contributed by atoms with E-state index >= 15 is 0 Å². The molecule has 0 aliphatic heterocycles. The SMILES string of the molecule is CCO[C@@H](Cc1ccc(-c2cccc(N(C)C(=O)NCCCc3ccccc3)c2)nc1)C(=O)O. The number of urea groups is 1. The van der Waals surface area contributed by atoms with Gasteiger partial charge in [0, 0.05) is 44.1 Å². The Morgan fingerprint density at radius 2 is 1.85 bits per heavy atom. The van der Waals surface area contributed by atoms with Gasteiger partial charge in [0.05, 0.1) is 5.69 Å². The summed E-state index contributed by atoms with van der Waals surface area (Å²) in [5, 5.41) is 12.2. The predicted molar refractivity (Wildman–Crippen MR) is 133 cm³/mol. The van der Waals surface area contributed by atoms with Crippen molar-refractivity contribution in [3.05, 3.63) is 84.1 Å². The van der Waals surface area contributed by atoms with E-state index in [9.17, 15) is 14.7 Å². The highest BCUT2D eigenvalue weighted by Crippen LogP contribution is 2.23. The number of anilines is 1. The normalized spacial score (nSPS) is 11.6. The highest BCUT2D eigenvalue weighted by Gasteiger charge is 2.18. The maximum atomic E-state index is 12.6. The first kappa shape index (κ1) is 24.9. The second kappa shape index (κ2) is 12.5. The molecular weight excluding hydrogens is 430 g/mol. The van der Waals surface area contributed by atoms with Crippen LogP contribution in [0.5, 0.6) is 0 Å². The Kier molecular flexibility index (Phi) is 9.17. The van der Waals surface area contributed by atoms with Gasteiger partial charge >= 0.3 is 12.0 Å². The fourth-order valence-corrected chi connectivity index (χ4v) is 3.59. The van der Waals surface area contributed by atoms with E-state index in [0.29, 0.717) is 13.2 Å². The summed E-state index contributed by atoms with van der Waals surface area (Å²) in [7, 11) is 1.74. The number of carbonyl (C=O) groups is 2. The molecule has 0 saturated carbocycles. The highest BCUT2D eigenvalue weighted by molar-refractivity contribution is 5.92. The number of rotatable bonds is 11. The summed E-state index contributed by atoms with van der Waals surface area (Å²) in [6, 6.07) is 21.3. The van der Waals surface area contributed by atoms with Crippen molar-refractivity contribution in [3.8, 4) is 11.3 Å². The highest BCUT2D eigenvalue weighted by atomic mass is 16.5. The largest absolute Gasteiger partial charge is 0.479 e. The molecular formula is C27H31N3O4. The molecule has 1 heterocycles. The molecule has 1 atom stereocenters. The lowest BCUT2D eigenvalue weighted by Crippen LogP contribution is -2.37. The number of nitrogens with one attached hydrogen (secondary N) is 1. The molecule has 0 aliphatic carbocycles. The lowest BCUT2D eigenvalue weighted by molar-refractivity contribution is -0.149. The molecule has 0 spiro atoms. The Morgan fingerprint density at radius 3 is 2.53 bits per heavy atom. The van der Waals surface area contributed by atoms with Gasteiger partial charge in [0.15, 0.2) is 6.10 Å². The molecule has 0 unspecified atom stereocenters. The van der Waals surface area contributed by atoms with Crippen molar-refractivity contribution in [2.45, 2.75) is 32.3 Å². The summed E-state index contributed by atoms with van der Waals surface area (Å²) in [4.78, 5) is 30.0. The van der Waals surface area contributed by atoms with Crippen LogP contribution in [0.25, 0.3) is 11.3 Å². The second-order valence-corrected chi connectivity index (χ2v) is 7.97. The van der Waals surface area contributed by atoms with Crippen LogP contribution in [0, 0.1) is 0 Å². The quantitative estimate of drug-likeness (QED) is 0.409. The number of ether oxygens (including phenoxy) is 1. The summed E-state index contributed by atoms with van der Waals surface area (Å²) in [6.45, 7) is 2.70. The van der Waals surface area contributed by atoms with Crippen molar-refractivity contribution in [1.82, 2.24) is 10.3 Å². The van der Waals surface area contributed by atoms with Crippen LogP contribution in [0.3, 0.4) is 0 Å². The zero-order valence-corrected chi connectivity index (χ0v) is 19.6. The molecule has 0 aliphatic rings. The zero-order valence-electron chi connectivity index (χ0n) is 19.6. The summed E-state index contributed by atoms with van der Waals surface area (Å²) >= 11 is 0. The molecule has 2 N–H and O–H groups in total. The van der Waals surface area contributed by atoms with Crippen LogP contribution in [-0.2, 0) is 22.4 Å². The minimum Gasteiger partial charge on any atom is -0.479 e. The maximum Gasteiger partial charge on any atom is 0.333 e. The average Bonchev–Trinajstić information content (AvgIpc) is 2.87. The van der Waals surface area contributed by atoms with Crippen LogP contribution in [-0.4, -0.2) is 48.4 Å². The molecule has 0 fully saturated rings. The number of benzene rings is 2. The minimum absolute atomic E-state index is 0.163. The first-order chi connectivity index (χ1) is 16.5. The van der Waals surface area contributed by atoms with E-state index < -0.39 is 12.1 Å². The van der Waals surface area contributed by atoms with E-state index in [1.807, 2.05) is 54.6 Å². The Balaban J connectivity index is 1.57. The Bertz CT molecular complexity index is 1070. The van der Waals surface area contributed by atoms with Gasteiger partial charge in [-0.25, -0.2) is 9.59 Å². The number of aryl methyl sites for hydroxylation is 1. The molecule has 7 heteroatoms. The Hall–Kier alpha value is -3.71. The van der Waals surface area contributed by atoms with Crippen molar-refractivity contribution >= 4 is 17.7 Å². The maximum absolute atomic E-state index is 12.6. The van der Waals surface area contributed by atoms with Crippen molar-refractivity contribution < 1.29 is 19.4 Å². The van der Waals surface area contributed by atoms with Crippen molar-refractivity contribution in [1.29, 1.82) is 0 Å². The van der Waals surface area contributed by atoms with Gasteiger partial charge in [-0.1, -0.05) is 48.5 Å². The molecule has 34 heavy (non-hydrogen) atoms. The van der Waals surface area contributed by atoms with Crippen LogP contribution >= 0.6 is 0 Å². The van der Waals surface area contributed by atoms with Gasteiger partial charge in [-0.15, -0.1) is 0 Å². The number of carbonyl (C=O) groups excluding carboxylic acids is 1. The number of hydrogen-bond acceptors (Lipinski definition) is 4. The van der Waals surface area contributed by atoms with Gasteiger partial charge in [0.1, 0.15) is 0 Å². The molecule has 178 valence electrons. The third-order valence-electron chi connectivity index (χ3n) is 5.48. The molecule has 0 saturated heterocycles. The monoisotopic (exact) mass is 461 g/mol. The van der Waals surface area contributed by atoms with Gasteiger partial charge in [-0.3, -0.25) is 9.88 Å². The van der Waals surface area contributed by atoms with Gasteiger partial charge < -0.3 is 15.2 Å². The third kappa shape index (κ3) is 7.15. The molecule has 0 bridgehead atoms. The number of amides is 2. The molecule has 0 radical (unpaired) electrons. The Labute approximate surface area is 200 Å². The molecule has 2 aromatic carbocycles. The third-order valence-corrected chi connectivity index (χ3v) is 5.48. The smallest absolute Gasteiger partial charge is 0.333 e. The minimum atomic E-state index is -0.986. The number of nitrogens with zero attached hydrogens (tertiary/aromatic N) is 2. The Morgan fingerprint density at radius 1 is 1.06 bits per heavy atom. The van der Waals surface area contributed by atoms with E-state index in [2.05, 4.69) is 22.4 Å². The average molecular weight is 462 g/mol. The zero-order chi connectivity index (χ0) is 24.3. The first-order valence-electron chi connectivity index (χ1n) is 11.4. The molecule has 7 nitrogen and oxygen atoms in total. The number of pyridine rings is 1. The van der Waals surface area contributed by atoms with E-state index in [-0.39, 0.29) is 12.5 Å². The van der Waals surface area contributed by atoms with E-state index in [1.165, 1.54) is 5.56 Å². The van der Waals surface area contributed by atoms with E-state index in [1.54, 1.807) is 25.1 Å². The standard InChI is InChI=1S/C27H31N3O4/c1-3-34-25(26(31)32)17-21-14-15-24(29-19-21)22-12-7-13-23(18-22)30(2)27(33)28-16-8-11-20-9-5-4-6-10-20/h4-7,9-10,12-15,18-19,25H,3,8,11,16-17H2,1-2H3,(H,28,33)(H,31,32)/t25-/m0/s1. The van der Waals surface area contributed by atoms with Crippen molar-refractivity contribution in [3.63, 3.8) is 0 Å². The number of hydrogen-bond donors (Lipinski definition) is 2. The fourth-order valence-electron chi connectivity index (χ4n) is 3.59. The first-order valence-corrected chi connectivity index (χ1v) is 11.4. The van der Waals surface area contributed by atoms with Crippen molar-refractivity contribution in [2.24, 2.45) is 0 Å². The summed E-state index contributed by atoms with van der Waals surface area (Å²) < 4.78 is 5.27. The topological polar surface area (TPSA) is 91.8 Å². The van der Waals surface area contributed by atoms with Gasteiger partial charge in [-0.2, -0.15) is 0 Å². The number of aliphatic carboxylic acids is 1. The van der Waals surface area contributed by atoms with Crippen LogP contribution in [0.1, 0.15) is 24.5 Å². The van der Waals surface area contributed by atoms with Crippen LogP contribution in [0.15, 0.2) is 72.9 Å². The van der Waals surface area contributed by atoms with Crippen LogP contribution < -0.4 is 10.2 Å². The van der Waals surface area contributed by atoms with Gasteiger partial charge in [-0.05, 0) is 49.1 Å².